The van der Waals surface area contributed by atoms with E-state index in [1.165, 1.54) is 12.1 Å². The third kappa shape index (κ3) is 3.25. The van der Waals surface area contributed by atoms with Crippen LogP contribution in [0.25, 0.3) is 11.0 Å². The van der Waals surface area contributed by atoms with Crippen LogP contribution in [0, 0.1) is 5.82 Å². The Hall–Kier alpha value is -2.60. The summed E-state index contributed by atoms with van der Waals surface area (Å²) in [5.41, 5.74) is 3.06. The molecule has 6 heteroatoms. The Morgan fingerprint density at radius 2 is 2.11 bits per heavy atom. The molecule has 27 heavy (non-hydrogen) atoms. The minimum Gasteiger partial charge on any atom is -0.495 e. The molecule has 1 aliphatic heterocycles. The second kappa shape index (κ2) is 7.19. The molecule has 1 aliphatic rings. The van der Waals surface area contributed by atoms with E-state index >= 15 is 0 Å². The quantitative estimate of drug-likeness (QED) is 0.717. The predicted octanol–water partition coefficient (Wildman–Crippen LogP) is 4.76. The van der Waals surface area contributed by atoms with Crippen LogP contribution >= 0.6 is 0 Å². The number of aliphatic hydroxyl groups is 1. The molecular formula is C21H23FN2O3. The van der Waals surface area contributed by atoms with Gasteiger partial charge in [-0.25, -0.2) is 4.39 Å². The summed E-state index contributed by atoms with van der Waals surface area (Å²) in [5.74, 6) is 0.389. The number of ether oxygens (including phenoxy) is 1. The summed E-state index contributed by atoms with van der Waals surface area (Å²) < 4.78 is 24.5. The number of rotatable bonds is 4. The number of anilines is 1. The topological polar surface area (TPSA) is 58.7 Å². The molecule has 4 rings (SSSR count). The molecule has 2 atom stereocenters. The van der Waals surface area contributed by atoms with Crippen molar-refractivity contribution in [2.75, 3.05) is 18.6 Å². The second-order valence-corrected chi connectivity index (χ2v) is 7.02. The lowest BCUT2D eigenvalue weighted by Crippen LogP contribution is -2.34. The van der Waals surface area contributed by atoms with E-state index in [-0.39, 0.29) is 11.9 Å². The Bertz CT molecular complexity index is 954. The molecule has 1 N–H and O–H groups in total. The zero-order valence-electron chi connectivity index (χ0n) is 15.5. The summed E-state index contributed by atoms with van der Waals surface area (Å²) in [4.78, 5) is 2.27. The van der Waals surface area contributed by atoms with Crippen molar-refractivity contribution in [1.82, 2.24) is 5.16 Å². The second-order valence-electron chi connectivity index (χ2n) is 7.02. The number of hydrogen-bond acceptors (Lipinski definition) is 5. The molecule has 142 valence electrons. The lowest BCUT2D eigenvalue weighted by molar-refractivity contribution is 0.199. The van der Waals surface area contributed by atoms with E-state index < -0.39 is 6.10 Å². The molecule has 5 nitrogen and oxygen atoms in total. The van der Waals surface area contributed by atoms with Gasteiger partial charge in [0.1, 0.15) is 17.3 Å². The van der Waals surface area contributed by atoms with E-state index in [9.17, 15) is 9.50 Å². The summed E-state index contributed by atoms with van der Waals surface area (Å²) in [6.45, 7) is 2.60. The van der Waals surface area contributed by atoms with Gasteiger partial charge in [0.05, 0.1) is 24.9 Å². The third-order valence-electron chi connectivity index (χ3n) is 5.28. The highest BCUT2D eigenvalue weighted by Crippen LogP contribution is 2.41. The van der Waals surface area contributed by atoms with Crippen molar-refractivity contribution in [2.24, 2.45) is 0 Å². The monoisotopic (exact) mass is 370 g/mol. The lowest BCUT2D eigenvalue weighted by atomic mass is 9.96. The largest absolute Gasteiger partial charge is 0.495 e. The van der Waals surface area contributed by atoms with Gasteiger partial charge in [-0.05, 0) is 56.0 Å². The first-order valence-corrected chi connectivity index (χ1v) is 9.26. The molecule has 0 spiro atoms. The molecule has 2 unspecified atom stereocenters. The van der Waals surface area contributed by atoms with Crippen molar-refractivity contribution in [3.8, 4) is 5.75 Å². The summed E-state index contributed by atoms with van der Waals surface area (Å²) in [7, 11) is 1.64. The Morgan fingerprint density at radius 1 is 1.26 bits per heavy atom. The minimum absolute atomic E-state index is 0.0248. The van der Waals surface area contributed by atoms with Crippen molar-refractivity contribution in [2.45, 2.75) is 38.3 Å². The summed E-state index contributed by atoms with van der Waals surface area (Å²) >= 11 is 0. The molecule has 2 aromatic carbocycles. The van der Waals surface area contributed by atoms with Gasteiger partial charge in [0.2, 0.25) is 0 Å². The zero-order chi connectivity index (χ0) is 19.0. The number of aliphatic hydroxyl groups excluding tert-OH is 1. The van der Waals surface area contributed by atoms with Gasteiger partial charge < -0.3 is 19.3 Å². The fourth-order valence-electron chi connectivity index (χ4n) is 3.87. The molecule has 0 amide bonds. The molecule has 1 saturated heterocycles. The number of halogens is 1. The van der Waals surface area contributed by atoms with E-state index in [1.54, 1.807) is 20.1 Å². The number of hydrogen-bond donors (Lipinski definition) is 1. The smallest absolute Gasteiger partial charge is 0.170 e. The van der Waals surface area contributed by atoms with Crippen LogP contribution < -0.4 is 9.64 Å². The van der Waals surface area contributed by atoms with E-state index in [0.717, 1.165) is 53.9 Å². The van der Waals surface area contributed by atoms with Crippen LogP contribution in [0.3, 0.4) is 0 Å². The molecule has 0 radical (unpaired) electrons. The standard InChI is InChI=1S/C21H23FN2O3/c1-13(25)14-6-9-17(20(11-14)26-2)24-10-4-3-5-18(24)21-16-8-7-15(22)12-19(16)27-23-21/h6-9,11-13,18,25H,3-5,10H2,1-2H3. The van der Waals surface area contributed by atoms with Crippen LogP contribution in [0.5, 0.6) is 5.75 Å². The number of piperidine rings is 1. The van der Waals surface area contributed by atoms with Gasteiger partial charge in [0, 0.05) is 18.0 Å². The highest BCUT2D eigenvalue weighted by atomic mass is 19.1. The molecule has 1 fully saturated rings. The first-order chi connectivity index (χ1) is 13.1. The van der Waals surface area contributed by atoms with Gasteiger partial charge in [-0.15, -0.1) is 0 Å². The number of methoxy groups -OCH3 is 1. The van der Waals surface area contributed by atoms with Crippen LogP contribution in [0.1, 0.15) is 49.6 Å². The normalized spacial score (nSPS) is 18.7. The fraction of sp³-hybridized carbons (Fsp3) is 0.381. The molecule has 3 aromatic rings. The Morgan fingerprint density at radius 3 is 2.89 bits per heavy atom. The average molecular weight is 370 g/mol. The molecule has 0 bridgehead atoms. The van der Waals surface area contributed by atoms with Crippen molar-refractivity contribution in [3.05, 3.63) is 53.5 Å². The molecular weight excluding hydrogens is 347 g/mol. The fourth-order valence-corrected chi connectivity index (χ4v) is 3.87. The van der Waals surface area contributed by atoms with E-state index in [0.29, 0.717) is 5.58 Å². The minimum atomic E-state index is -0.556. The van der Waals surface area contributed by atoms with Gasteiger partial charge in [-0.3, -0.25) is 0 Å². The lowest BCUT2D eigenvalue weighted by Gasteiger charge is -2.37. The van der Waals surface area contributed by atoms with Crippen LogP contribution in [0.4, 0.5) is 10.1 Å². The van der Waals surface area contributed by atoms with Crippen LogP contribution in [0.15, 0.2) is 40.9 Å². The maximum absolute atomic E-state index is 13.5. The van der Waals surface area contributed by atoms with Crippen molar-refractivity contribution in [1.29, 1.82) is 0 Å². The van der Waals surface area contributed by atoms with E-state index in [2.05, 4.69) is 10.1 Å². The molecule has 1 aromatic heterocycles. The van der Waals surface area contributed by atoms with E-state index in [4.69, 9.17) is 9.26 Å². The van der Waals surface area contributed by atoms with Gasteiger partial charge >= 0.3 is 0 Å². The van der Waals surface area contributed by atoms with E-state index in [1.807, 2.05) is 18.2 Å². The van der Waals surface area contributed by atoms with Crippen molar-refractivity contribution < 1.29 is 18.8 Å². The van der Waals surface area contributed by atoms with Crippen LogP contribution in [-0.4, -0.2) is 23.9 Å². The Kier molecular flexibility index (Phi) is 4.74. The summed E-state index contributed by atoms with van der Waals surface area (Å²) in [6, 6.07) is 10.4. The van der Waals surface area contributed by atoms with Gasteiger partial charge in [0.15, 0.2) is 5.58 Å². The first kappa shape index (κ1) is 17.8. The summed E-state index contributed by atoms with van der Waals surface area (Å²) in [6.07, 6.45) is 2.53. The SMILES string of the molecule is COc1cc(C(C)O)ccc1N1CCCCC1c1noc2cc(F)ccc12. The number of nitrogens with zero attached hydrogens (tertiary/aromatic N) is 2. The molecule has 0 saturated carbocycles. The molecule has 0 aliphatic carbocycles. The maximum Gasteiger partial charge on any atom is 0.170 e. The summed E-state index contributed by atoms with van der Waals surface area (Å²) in [5, 5.41) is 15.0. The highest BCUT2D eigenvalue weighted by Gasteiger charge is 2.30. The van der Waals surface area contributed by atoms with Gasteiger partial charge in [-0.2, -0.15) is 0 Å². The predicted molar refractivity (Wildman–Crippen MR) is 102 cm³/mol. The highest BCUT2D eigenvalue weighted by molar-refractivity contribution is 5.80. The first-order valence-electron chi connectivity index (χ1n) is 9.26. The number of aromatic nitrogens is 1. The average Bonchev–Trinajstić information content (AvgIpc) is 3.10. The van der Waals surface area contributed by atoms with Crippen molar-refractivity contribution in [3.63, 3.8) is 0 Å². The Labute approximate surface area is 157 Å². The number of fused-ring (bicyclic) bond motifs is 1. The van der Waals surface area contributed by atoms with Gasteiger partial charge in [0.25, 0.3) is 0 Å². The third-order valence-corrected chi connectivity index (χ3v) is 5.28. The van der Waals surface area contributed by atoms with Crippen LogP contribution in [-0.2, 0) is 0 Å². The zero-order valence-corrected chi connectivity index (χ0v) is 15.5. The van der Waals surface area contributed by atoms with Gasteiger partial charge in [-0.1, -0.05) is 11.2 Å². The molecule has 2 heterocycles. The Balaban J connectivity index is 1.77. The van der Waals surface area contributed by atoms with Crippen LogP contribution in [0.2, 0.25) is 0 Å². The maximum atomic E-state index is 13.5. The number of benzene rings is 2. The van der Waals surface area contributed by atoms with Crippen molar-refractivity contribution >= 4 is 16.7 Å².